The van der Waals surface area contributed by atoms with Crippen LogP contribution >= 0.6 is 0 Å². The highest BCUT2D eigenvalue weighted by molar-refractivity contribution is 5.95. The minimum atomic E-state index is -0.910. The van der Waals surface area contributed by atoms with Crippen LogP contribution in [0.25, 0.3) is 33.4 Å². The molecule has 4 rings (SSSR count). The lowest BCUT2D eigenvalue weighted by molar-refractivity contribution is 0.0696. The summed E-state index contributed by atoms with van der Waals surface area (Å²) in [7, 11) is 0. The molecular weight excluding hydrogens is 444 g/mol. The van der Waals surface area contributed by atoms with E-state index in [-0.39, 0.29) is 5.78 Å². The average Bonchev–Trinajstić information content (AvgIpc) is 2.81. The maximum absolute atomic E-state index is 11.8. The van der Waals surface area contributed by atoms with Gasteiger partial charge in [-0.05, 0) is 133 Å². The van der Waals surface area contributed by atoms with Crippen molar-refractivity contribution in [3.63, 3.8) is 0 Å². The van der Waals surface area contributed by atoms with Gasteiger partial charge in [0.2, 0.25) is 0 Å². The minimum absolute atomic E-state index is 0.0789. The Kier molecular flexibility index (Phi) is 6.69. The van der Waals surface area contributed by atoms with Crippen molar-refractivity contribution in [1.29, 1.82) is 0 Å². The number of aromatic carboxylic acids is 1. The van der Waals surface area contributed by atoms with E-state index in [1.54, 1.807) is 19.1 Å². The Morgan fingerprint density at radius 3 is 1.11 bits per heavy atom. The van der Waals surface area contributed by atoms with E-state index in [1.165, 1.54) is 33.4 Å². The van der Waals surface area contributed by atoms with Gasteiger partial charge < -0.3 is 5.11 Å². The largest absolute Gasteiger partial charge is 0.478 e. The summed E-state index contributed by atoms with van der Waals surface area (Å²) in [6, 6.07) is 20.2. The number of carbonyl (C=O) groups excluding carboxylic acids is 1. The van der Waals surface area contributed by atoms with Crippen LogP contribution in [0.15, 0.2) is 60.7 Å². The first-order valence-electron chi connectivity index (χ1n) is 12.2. The molecule has 36 heavy (non-hydrogen) atoms. The van der Waals surface area contributed by atoms with Crippen LogP contribution in [0.3, 0.4) is 0 Å². The van der Waals surface area contributed by atoms with Crippen molar-refractivity contribution in [2.45, 2.75) is 48.5 Å². The minimum Gasteiger partial charge on any atom is -0.478 e. The molecule has 4 aromatic carbocycles. The zero-order chi connectivity index (χ0) is 26.3. The van der Waals surface area contributed by atoms with Crippen molar-refractivity contribution < 1.29 is 14.7 Å². The molecule has 0 radical (unpaired) electrons. The molecule has 4 aromatic rings. The highest BCUT2D eigenvalue weighted by atomic mass is 16.4. The van der Waals surface area contributed by atoms with Crippen molar-refractivity contribution in [3.05, 3.63) is 105 Å². The van der Waals surface area contributed by atoms with Crippen LogP contribution in [0.2, 0.25) is 0 Å². The molecule has 0 amide bonds. The number of carboxylic acids is 1. The zero-order valence-electron chi connectivity index (χ0n) is 22.0. The first-order chi connectivity index (χ1) is 17.0. The predicted molar refractivity (Wildman–Crippen MR) is 148 cm³/mol. The Hall–Kier alpha value is -3.98. The maximum atomic E-state index is 11.8. The van der Waals surface area contributed by atoms with Gasteiger partial charge in [-0.2, -0.15) is 0 Å². The van der Waals surface area contributed by atoms with Gasteiger partial charge in [-0.1, -0.05) is 42.5 Å². The smallest absolute Gasteiger partial charge is 0.335 e. The van der Waals surface area contributed by atoms with Crippen LogP contribution in [-0.2, 0) is 0 Å². The van der Waals surface area contributed by atoms with E-state index < -0.39 is 5.97 Å². The SMILES string of the molecule is CC(=O)c1ccc(-c2cc(C)c(-c3cc(C)c(-c4ccc(C(=O)O)cc4C)cc3C)cc2C)c(C)c1. The van der Waals surface area contributed by atoms with Crippen LogP contribution in [0, 0.1) is 41.5 Å². The molecule has 0 aliphatic rings. The van der Waals surface area contributed by atoms with E-state index in [0.29, 0.717) is 5.56 Å². The van der Waals surface area contributed by atoms with Gasteiger partial charge >= 0.3 is 5.97 Å². The highest BCUT2D eigenvalue weighted by Gasteiger charge is 2.16. The maximum Gasteiger partial charge on any atom is 0.335 e. The fourth-order valence-electron chi connectivity index (χ4n) is 5.08. The molecule has 0 aromatic heterocycles. The van der Waals surface area contributed by atoms with Crippen molar-refractivity contribution in [2.75, 3.05) is 0 Å². The van der Waals surface area contributed by atoms with Crippen LogP contribution in [0.4, 0.5) is 0 Å². The third-order valence-corrected chi connectivity index (χ3v) is 7.12. The number of benzene rings is 4. The number of carbonyl (C=O) groups is 2. The monoisotopic (exact) mass is 476 g/mol. The molecule has 0 saturated carbocycles. The van der Waals surface area contributed by atoms with Crippen molar-refractivity contribution in [2.24, 2.45) is 0 Å². The molecule has 0 atom stereocenters. The lowest BCUT2D eigenvalue weighted by Gasteiger charge is -2.19. The third kappa shape index (κ3) is 4.61. The number of ketones is 1. The molecule has 0 bridgehead atoms. The Morgan fingerprint density at radius 2 is 0.778 bits per heavy atom. The Bertz CT molecular complexity index is 1420. The average molecular weight is 477 g/mol. The fourth-order valence-corrected chi connectivity index (χ4v) is 5.08. The van der Waals surface area contributed by atoms with Gasteiger partial charge in [0.05, 0.1) is 5.56 Å². The molecule has 0 unspecified atom stereocenters. The highest BCUT2D eigenvalue weighted by Crippen LogP contribution is 2.38. The van der Waals surface area contributed by atoms with Crippen LogP contribution in [0.1, 0.15) is 61.0 Å². The number of hydrogen-bond acceptors (Lipinski definition) is 2. The third-order valence-electron chi connectivity index (χ3n) is 7.12. The van der Waals surface area contributed by atoms with Crippen LogP contribution in [-0.4, -0.2) is 16.9 Å². The van der Waals surface area contributed by atoms with E-state index in [0.717, 1.165) is 38.9 Å². The molecule has 182 valence electrons. The topological polar surface area (TPSA) is 54.4 Å². The van der Waals surface area contributed by atoms with Gasteiger partial charge in [-0.25, -0.2) is 4.79 Å². The summed E-state index contributed by atoms with van der Waals surface area (Å²) < 4.78 is 0. The quantitative estimate of drug-likeness (QED) is 0.294. The predicted octanol–water partition coefficient (Wildman–Crippen LogP) is 8.44. The summed E-state index contributed by atoms with van der Waals surface area (Å²) in [6.07, 6.45) is 0. The van der Waals surface area contributed by atoms with E-state index in [4.69, 9.17) is 0 Å². The molecule has 3 nitrogen and oxygen atoms in total. The fraction of sp³-hybridized carbons (Fsp3) is 0.212. The molecule has 3 heteroatoms. The molecule has 0 saturated heterocycles. The molecular formula is C33H32O3. The van der Waals surface area contributed by atoms with Gasteiger partial charge in [0.15, 0.2) is 5.78 Å². The van der Waals surface area contributed by atoms with Crippen LogP contribution < -0.4 is 0 Å². The number of Topliss-reactive ketones (excluding diaryl/α,β-unsaturated/α-hetero) is 1. The summed E-state index contributed by atoms with van der Waals surface area (Å²) in [5.41, 5.74) is 14.7. The Labute approximate surface area is 213 Å². The van der Waals surface area contributed by atoms with E-state index in [9.17, 15) is 14.7 Å². The first kappa shape index (κ1) is 25.1. The summed E-state index contributed by atoms with van der Waals surface area (Å²) in [5, 5.41) is 9.31. The van der Waals surface area contributed by atoms with Gasteiger partial charge in [0.1, 0.15) is 0 Å². The van der Waals surface area contributed by atoms with Gasteiger partial charge in [-0.15, -0.1) is 0 Å². The van der Waals surface area contributed by atoms with Crippen LogP contribution in [0.5, 0.6) is 0 Å². The number of carboxylic acid groups (broad SMARTS) is 1. The molecule has 1 N–H and O–H groups in total. The lowest BCUT2D eigenvalue weighted by Crippen LogP contribution is -1.99. The summed E-state index contributed by atoms with van der Waals surface area (Å²) in [4.78, 5) is 23.1. The number of rotatable bonds is 5. The van der Waals surface area contributed by atoms with E-state index >= 15 is 0 Å². The van der Waals surface area contributed by atoms with Crippen molar-refractivity contribution in [3.8, 4) is 33.4 Å². The number of aryl methyl sites for hydroxylation is 6. The normalized spacial score (nSPS) is 11.0. The van der Waals surface area contributed by atoms with Gasteiger partial charge in [0, 0.05) is 5.56 Å². The molecule has 0 fully saturated rings. The molecule has 0 aliphatic heterocycles. The summed E-state index contributed by atoms with van der Waals surface area (Å²) in [6.45, 7) is 14.1. The molecule has 0 spiro atoms. The van der Waals surface area contributed by atoms with E-state index in [2.05, 4.69) is 65.0 Å². The Morgan fingerprint density at radius 1 is 0.472 bits per heavy atom. The second-order valence-corrected chi connectivity index (χ2v) is 9.88. The first-order valence-corrected chi connectivity index (χ1v) is 12.2. The lowest BCUT2D eigenvalue weighted by atomic mass is 9.86. The summed E-state index contributed by atoms with van der Waals surface area (Å²) >= 11 is 0. The van der Waals surface area contributed by atoms with Crippen molar-refractivity contribution >= 4 is 11.8 Å². The molecule has 0 aliphatic carbocycles. The second kappa shape index (κ2) is 9.58. The van der Waals surface area contributed by atoms with E-state index in [1.807, 2.05) is 25.1 Å². The van der Waals surface area contributed by atoms with Gasteiger partial charge in [0.25, 0.3) is 0 Å². The molecule has 0 heterocycles. The number of hydrogen-bond donors (Lipinski definition) is 1. The van der Waals surface area contributed by atoms with Crippen molar-refractivity contribution in [1.82, 2.24) is 0 Å². The second-order valence-electron chi connectivity index (χ2n) is 9.88. The Balaban J connectivity index is 1.78. The van der Waals surface area contributed by atoms with Gasteiger partial charge in [-0.3, -0.25) is 4.79 Å². The zero-order valence-corrected chi connectivity index (χ0v) is 22.0. The summed E-state index contributed by atoms with van der Waals surface area (Å²) in [5.74, 6) is -0.831. The standard InChI is InChI=1S/C33H32O3/c1-18-12-25(24(7)34)8-10-27(18)29-14-22(5)31(16-20(29)3)32-17-21(4)30(15-23(32)6)28-11-9-26(33(35)36)13-19(28)2/h8-17H,1-7H3,(H,35,36).